The van der Waals surface area contributed by atoms with Gasteiger partial charge in [-0.25, -0.2) is 0 Å². The van der Waals surface area contributed by atoms with Crippen LogP contribution in [0.5, 0.6) is 0 Å². The van der Waals surface area contributed by atoms with Gasteiger partial charge in [-0.1, -0.05) is 13.3 Å². The van der Waals surface area contributed by atoms with Crippen molar-refractivity contribution in [3.05, 3.63) is 22.4 Å². The van der Waals surface area contributed by atoms with Gasteiger partial charge in [0, 0.05) is 11.3 Å². The molecule has 1 aliphatic rings. The zero-order chi connectivity index (χ0) is 11.2. The Morgan fingerprint density at radius 1 is 1.50 bits per heavy atom. The molecule has 3 heteroatoms. The third-order valence-corrected chi connectivity index (χ3v) is 5.41. The van der Waals surface area contributed by atoms with E-state index < -0.39 is 0 Å². The number of hydrogen-bond acceptors (Lipinski definition) is 3. The molecule has 0 radical (unpaired) electrons. The van der Waals surface area contributed by atoms with Crippen molar-refractivity contribution in [3.63, 3.8) is 0 Å². The minimum absolute atomic E-state index is 0.671. The second kappa shape index (κ2) is 6.67. The fraction of sp³-hybridized carbons (Fsp3) is 0.692. The molecular weight excluding hydrogens is 234 g/mol. The molecule has 1 N–H and O–H groups in total. The van der Waals surface area contributed by atoms with Crippen LogP contribution in [0.25, 0.3) is 0 Å². The van der Waals surface area contributed by atoms with E-state index in [0.717, 1.165) is 11.8 Å². The molecule has 2 atom stereocenters. The third-order valence-electron chi connectivity index (χ3n) is 3.17. The minimum atomic E-state index is 0.671. The summed E-state index contributed by atoms with van der Waals surface area (Å²) >= 11 is 3.99. The zero-order valence-corrected chi connectivity index (χ0v) is 11.6. The highest BCUT2D eigenvalue weighted by molar-refractivity contribution is 8.00. The first kappa shape index (κ1) is 12.5. The maximum Gasteiger partial charge on any atom is 0.0227 e. The summed E-state index contributed by atoms with van der Waals surface area (Å²) in [5.74, 6) is 1.36. The van der Waals surface area contributed by atoms with Gasteiger partial charge >= 0.3 is 0 Å². The topological polar surface area (TPSA) is 12.0 Å². The van der Waals surface area contributed by atoms with Gasteiger partial charge in [0.1, 0.15) is 0 Å². The summed E-state index contributed by atoms with van der Waals surface area (Å²) in [4.78, 5) is 0. The largest absolute Gasteiger partial charge is 0.313 e. The van der Waals surface area contributed by atoms with Crippen molar-refractivity contribution in [2.24, 2.45) is 0 Å². The van der Waals surface area contributed by atoms with Gasteiger partial charge in [0.15, 0.2) is 0 Å². The maximum atomic E-state index is 3.67. The highest BCUT2D eigenvalue weighted by Gasteiger charge is 2.23. The van der Waals surface area contributed by atoms with Crippen LogP contribution >= 0.6 is 23.1 Å². The van der Waals surface area contributed by atoms with Gasteiger partial charge in [0.25, 0.3) is 0 Å². The second-order valence-corrected chi connectivity index (χ2v) is 6.53. The molecule has 1 aliphatic heterocycles. The molecule has 0 aromatic carbocycles. The van der Waals surface area contributed by atoms with Crippen LogP contribution in [0.15, 0.2) is 16.8 Å². The molecule has 1 aromatic heterocycles. The van der Waals surface area contributed by atoms with Gasteiger partial charge < -0.3 is 5.32 Å². The maximum absolute atomic E-state index is 3.67. The van der Waals surface area contributed by atoms with Crippen molar-refractivity contribution < 1.29 is 0 Å². The molecule has 2 heterocycles. The number of likely N-dealkylation sites (N-methyl/N-ethyl adjacent to an activating group) is 1. The Kier molecular flexibility index (Phi) is 5.20. The van der Waals surface area contributed by atoms with E-state index in [0.29, 0.717) is 6.04 Å². The van der Waals surface area contributed by atoms with Crippen LogP contribution in [0.4, 0.5) is 0 Å². The molecular formula is C13H21NS2. The lowest BCUT2D eigenvalue weighted by atomic mass is 10.0. The first-order chi connectivity index (χ1) is 7.90. The third kappa shape index (κ3) is 3.51. The lowest BCUT2D eigenvalue weighted by molar-refractivity contribution is 0.472. The lowest BCUT2D eigenvalue weighted by Gasteiger charge is -2.30. The van der Waals surface area contributed by atoms with E-state index in [4.69, 9.17) is 0 Å². The highest BCUT2D eigenvalue weighted by atomic mass is 32.2. The normalized spacial score (nSPS) is 23.2. The van der Waals surface area contributed by atoms with E-state index in [9.17, 15) is 0 Å². The van der Waals surface area contributed by atoms with Crippen molar-refractivity contribution in [3.8, 4) is 0 Å². The van der Waals surface area contributed by atoms with E-state index in [1.165, 1.54) is 37.0 Å². The molecule has 16 heavy (non-hydrogen) atoms. The lowest BCUT2D eigenvalue weighted by Crippen LogP contribution is -2.40. The molecule has 1 saturated heterocycles. The summed E-state index contributed by atoms with van der Waals surface area (Å²) in [5, 5.41) is 8.98. The average molecular weight is 255 g/mol. The Hall–Kier alpha value is 0.01000. The number of hydrogen-bond donors (Lipinski definition) is 1. The quantitative estimate of drug-likeness (QED) is 0.863. The monoisotopic (exact) mass is 255 g/mol. The van der Waals surface area contributed by atoms with Crippen LogP contribution in [0.1, 0.15) is 31.7 Å². The van der Waals surface area contributed by atoms with E-state index in [1.54, 1.807) is 0 Å². The van der Waals surface area contributed by atoms with E-state index in [1.807, 2.05) is 11.3 Å². The second-order valence-electron chi connectivity index (χ2n) is 4.40. The Morgan fingerprint density at radius 3 is 3.06 bits per heavy atom. The van der Waals surface area contributed by atoms with Crippen LogP contribution in [-0.2, 0) is 6.42 Å². The summed E-state index contributed by atoms with van der Waals surface area (Å²) in [6, 6.07) is 2.94. The molecule has 0 amide bonds. The molecule has 1 aromatic rings. The average Bonchev–Trinajstić information content (AvgIpc) is 2.83. The van der Waals surface area contributed by atoms with Gasteiger partial charge in [-0.2, -0.15) is 23.1 Å². The number of rotatable bonds is 5. The predicted octanol–water partition coefficient (Wildman–Crippen LogP) is 3.55. The molecule has 0 bridgehead atoms. The molecule has 0 saturated carbocycles. The summed E-state index contributed by atoms with van der Waals surface area (Å²) in [5.41, 5.74) is 1.50. The van der Waals surface area contributed by atoms with Crippen LogP contribution < -0.4 is 5.32 Å². The van der Waals surface area contributed by atoms with Gasteiger partial charge in [-0.3, -0.25) is 0 Å². The SMILES string of the molecule is CCNC(Cc1ccsc1)C1CCCCS1. The Bertz CT molecular complexity index is 278. The van der Waals surface area contributed by atoms with Gasteiger partial charge in [-0.15, -0.1) is 0 Å². The smallest absolute Gasteiger partial charge is 0.0227 e. The molecule has 90 valence electrons. The molecule has 0 aliphatic carbocycles. The first-order valence-corrected chi connectivity index (χ1v) is 8.25. The van der Waals surface area contributed by atoms with Crippen molar-refractivity contribution in [1.29, 1.82) is 0 Å². The highest BCUT2D eigenvalue weighted by Crippen LogP contribution is 2.29. The van der Waals surface area contributed by atoms with Crippen molar-refractivity contribution in [1.82, 2.24) is 5.32 Å². The van der Waals surface area contributed by atoms with Crippen molar-refractivity contribution in [2.45, 2.75) is 43.9 Å². The van der Waals surface area contributed by atoms with Gasteiger partial charge in [0.2, 0.25) is 0 Å². The molecule has 0 spiro atoms. The Labute approximate surface area is 107 Å². The van der Waals surface area contributed by atoms with Crippen LogP contribution in [0, 0.1) is 0 Å². The molecule has 1 nitrogen and oxygen atoms in total. The van der Waals surface area contributed by atoms with Crippen molar-refractivity contribution >= 4 is 23.1 Å². The number of thiophene rings is 1. The van der Waals surface area contributed by atoms with Crippen LogP contribution in [-0.4, -0.2) is 23.6 Å². The van der Waals surface area contributed by atoms with E-state index in [2.05, 4.69) is 40.8 Å². The van der Waals surface area contributed by atoms with Crippen LogP contribution in [0.3, 0.4) is 0 Å². The molecule has 2 unspecified atom stereocenters. The van der Waals surface area contributed by atoms with E-state index >= 15 is 0 Å². The molecule has 2 rings (SSSR count). The zero-order valence-electron chi connectivity index (χ0n) is 9.95. The predicted molar refractivity (Wildman–Crippen MR) is 75.6 cm³/mol. The van der Waals surface area contributed by atoms with Gasteiger partial charge in [-0.05, 0) is 54.0 Å². The number of nitrogens with one attached hydrogen (secondary N) is 1. The fourth-order valence-corrected chi connectivity index (χ4v) is 4.46. The van der Waals surface area contributed by atoms with E-state index in [-0.39, 0.29) is 0 Å². The summed E-state index contributed by atoms with van der Waals surface area (Å²) < 4.78 is 0. The Morgan fingerprint density at radius 2 is 2.44 bits per heavy atom. The van der Waals surface area contributed by atoms with Crippen LogP contribution in [0.2, 0.25) is 0 Å². The Balaban J connectivity index is 1.92. The van der Waals surface area contributed by atoms with Gasteiger partial charge in [0.05, 0.1) is 0 Å². The summed E-state index contributed by atoms with van der Waals surface area (Å²) in [6.07, 6.45) is 5.43. The first-order valence-electron chi connectivity index (χ1n) is 6.26. The standard InChI is InChI=1S/C13H21NS2/c1-2-14-12(9-11-6-8-15-10-11)13-5-3-4-7-16-13/h6,8,10,12-14H,2-5,7,9H2,1H3. The fourth-order valence-electron chi connectivity index (χ4n) is 2.34. The minimum Gasteiger partial charge on any atom is -0.313 e. The number of thioether (sulfide) groups is 1. The molecule has 1 fully saturated rings. The summed E-state index contributed by atoms with van der Waals surface area (Å²) in [6.45, 7) is 3.31. The summed E-state index contributed by atoms with van der Waals surface area (Å²) in [7, 11) is 0. The van der Waals surface area contributed by atoms with Crippen molar-refractivity contribution in [2.75, 3.05) is 12.3 Å².